The number of benzene rings is 1. The molecule has 1 aromatic rings. The van der Waals surface area contributed by atoms with Gasteiger partial charge in [0.2, 0.25) is 0 Å². The molecule has 0 amide bonds. The molecule has 0 saturated carbocycles. The summed E-state index contributed by atoms with van der Waals surface area (Å²) in [7, 11) is 1.79. The number of hydrogen-bond donors (Lipinski definition) is 0. The first-order valence-electron chi connectivity index (χ1n) is 2.58. The van der Waals surface area contributed by atoms with Crippen molar-refractivity contribution >= 4 is 5.69 Å². The van der Waals surface area contributed by atoms with Crippen molar-refractivity contribution in [3.63, 3.8) is 0 Å². The van der Waals surface area contributed by atoms with Gasteiger partial charge >= 0.3 is 0 Å². The number of nitrogens with zero attached hydrogens (tertiary/aromatic N) is 1. The van der Waals surface area contributed by atoms with Crippen LogP contribution in [0.1, 0.15) is 0 Å². The largest absolute Gasteiger partial charge is 0.687 e. The fraction of sp³-hybridized carbons (Fsp3) is 0.143. The van der Waals surface area contributed by atoms with Crippen LogP contribution in [0.3, 0.4) is 0 Å². The van der Waals surface area contributed by atoms with E-state index < -0.39 is 0 Å². The fourth-order valence-corrected chi connectivity index (χ4v) is 0.577. The Morgan fingerprint density at radius 3 is 1.80 bits per heavy atom. The van der Waals surface area contributed by atoms with E-state index in [2.05, 4.69) is 5.32 Å². The van der Waals surface area contributed by atoms with E-state index >= 15 is 0 Å². The summed E-state index contributed by atoms with van der Waals surface area (Å²) >= 11 is 0. The van der Waals surface area contributed by atoms with Crippen LogP contribution in [0.4, 0.5) is 5.69 Å². The van der Waals surface area contributed by atoms with Crippen molar-refractivity contribution in [3.8, 4) is 0 Å². The molecule has 0 unspecified atom stereocenters. The smallest absolute Gasteiger partial charge is 0 e. The predicted octanol–water partition coefficient (Wildman–Crippen LogP) is 2.32. The predicted molar refractivity (Wildman–Crippen MR) is 35.4 cm³/mol. The molecule has 1 rings (SSSR count). The molecule has 0 saturated heterocycles. The summed E-state index contributed by atoms with van der Waals surface area (Å²) in [5.74, 6) is 0. The molecule has 0 aromatic heterocycles. The Morgan fingerprint density at radius 2 is 1.50 bits per heavy atom. The van der Waals surface area contributed by atoms with Crippen molar-refractivity contribution in [2.75, 3.05) is 7.05 Å². The quantitative estimate of drug-likeness (QED) is 0.594. The summed E-state index contributed by atoms with van der Waals surface area (Å²) in [5, 5.41) is 3.97. The maximum absolute atomic E-state index is 3.97. The van der Waals surface area contributed by atoms with Crippen LogP contribution in [0, 0.1) is 0 Å². The summed E-state index contributed by atoms with van der Waals surface area (Å²) < 4.78 is 0. The minimum atomic E-state index is 0. The number of hydrogen-bond acceptors (Lipinski definition) is 0. The Kier molecular flexibility index (Phi) is 9.77. The molecule has 0 spiro atoms. The summed E-state index contributed by atoms with van der Waals surface area (Å²) in [6.07, 6.45) is 0. The van der Waals surface area contributed by atoms with E-state index in [0.29, 0.717) is 0 Å². The van der Waals surface area contributed by atoms with Gasteiger partial charge in [0.25, 0.3) is 0 Å². The number of para-hydroxylation sites is 1. The third-order valence-corrected chi connectivity index (χ3v) is 1.01. The molecule has 0 aliphatic carbocycles. The van der Waals surface area contributed by atoms with Gasteiger partial charge in [-0.05, 0) is 0 Å². The maximum Gasteiger partial charge on any atom is 0 e. The normalized spacial score (nSPS) is 6.90. The topological polar surface area (TPSA) is 14.1 Å². The number of rotatable bonds is 1. The second-order valence-electron chi connectivity index (χ2n) is 1.56. The molecule has 0 fully saturated rings. The Balaban J connectivity index is 0. The Labute approximate surface area is 90.1 Å². The van der Waals surface area contributed by atoms with Crippen molar-refractivity contribution in [3.05, 3.63) is 35.6 Å². The standard InChI is InChI=1S/C7H8N.2W/c1-8-7-5-3-2-4-6-7;;/h2-6H,1H3;;/q-1;;. The molecule has 0 atom stereocenters. The minimum Gasteiger partial charge on any atom is -0.687 e. The van der Waals surface area contributed by atoms with Crippen LogP contribution in [-0.4, -0.2) is 7.05 Å². The monoisotopic (exact) mass is 474 g/mol. The van der Waals surface area contributed by atoms with Crippen molar-refractivity contribution < 1.29 is 42.1 Å². The van der Waals surface area contributed by atoms with Gasteiger partial charge in [0.15, 0.2) is 0 Å². The third-order valence-electron chi connectivity index (χ3n) is 1.01. The molecule has 0 heterocycles. The van der Waals surface area contributed by atoms with Crippen LogP contribution in [-0.2, 0) is 42.1 Å². The first-order valence-corrected chi connectivity index (χ1v) is 2.58. The van der Waals surface area contributed by atoms with E-state index in [0.717, 1.165) is 5.69 Å². The van der Waals surface area contributed by atoms with Crippen molar-refractivity contribution in [1.82, 2.24) is 0 Å². The first kappa shape index (κ1) is 13.0. The fourth-order valence-electron chi connectivity index (χ4n) is 0.577. The Bertz CT molecular complexity index is 153. The van der Waals surface area contributed by atoms with Gasteiger partial charge in [-0.25, -0.2) is 0 Å². The molecule has 0 aliphatic rings. The molecule has 54 valence electrons. The van der Waals surface area contributed by atoms with Crippen LogP contribution in [0.15, 0.2) is 30.3 Å². The van der Waals surface area contributed by atoms with Crippen molar-refractivity contribution in [2.24, 2.45) is 0 Å². The molecule has 1 aromatic carbocycles. The van der Waals surface area contributed by atoms with Crippen LogP contribution in [0.5, 0.6) is 0 Å². The van der Waals surface area contributed by atoms with Crippen LogP contribution >= 0.6 is 0 Å². The van der Waals surface area contributed by atoms with Gasteiger partial charge in [0, 0.05) is 42.1 Å². The average Bonchev–Trinajstić information content (AvgIpc) is 1.90. The Hall–Kier alpha value is 0.397. The minimum absolute atomic E-state index is 0. The van der Waals surface area contributed by atoms with Crippen LogP contribution in [0.2, 0.25) is 0 Å². The van der Waals surface area contributed by atoms with E-state index in [4.69, 9.17) is 0 Å². The SMILES string of the molecule is C[N-]c1ccccc1.[W].[W]. The summed E-state index contributed by atoms with van der Waals surface area (Å²) in [6, 6.07) is 9.87. The summed E-state index contributed by atoms with van der Waals surface area (Å²) in [6.45, 7) is 0. The molecular formula is C7H8NW2-. The van der Waals surface area contributed by atoms with Crippen LogP contribution < -0.4 is 0 Å². The average molecular weight is 474 g/mol. The molecule has 0 aliphatic heterocycles. The van der Waals surface area contributed by atoms with Gasteiger partial charge in [-0.1, -0.05) is 30.3 Å². The zero-order valence-corrected chi connectivity index (χ0v) is 11.5. The second-order valence-corrected chi connectivity index (χ2v) is 1.56. The van der Waals surface area contributed by atoms with Gasteiger partial charge in [0.1, 0.15) is 0 Å². The van der Waals surface area contributed by atoms with Gasteiger partial charge in [0.05, 0.1) is 0 Å². The maximum atomic E-state index is 3.97. The molecule has 0 N–H and O–H groups in total. The zero-order valence-electron chi connectivity index (χ0n) is 5.65. The molecular weight excluding hydrogens is 466 g/mol. The van der Waals surface area contributed by atoms with E-state index in [-0.39, 0.29) is 42.1 Å². The summed E-state index contributed by atoms with van der Waals surface area (Å²) in [4.78, 5) is 0. The van der Waals surface area contributed by atoms with E-state index in [1.807, 2.05) is 30.3 Å². The molecule has 10 heavy (non-hydrogen) atoms. The molecule has 1 nitrogen and oxygen atoms in total. The van der Waals surface area contributed by atoms with E-state index in [1.54, 1.807) is 7.05 Å². The molecule has 3 heteroatoms. The zero-order chi connectivity index (χ0) is 5.82. The third kappa shape index (κ3) is 4.25. The molecule has 0 bridgehead atoms. The van der Waals surface area contributed by atoms with Crippen LogP contribution in [0.25, 0.3) is 5.32 Å². The molecule has 0 radical (unpaired) electrons. The van der Waals surface area contributed by atoms with E-state index in [9.17, 15) is 0 Å². The van der Waals surface area contributed by atoms with Gasteiger partial charge in [-0.2, -0.15) is 0 Å². The summed E-state index contributed by atoms with van der Waals surface area (Å²) in [5.41, 5.74) is 1.03. The van der Waals surface area contributed by atoms with Crippen molar-refractivity contribution in [1.29, 1.82) is 0 Å². The van der Waals surface area contributed by atoms with E-state index in [1.165, 1.54) is 0 Å². The van der Waals surface area contributed by atoms with Gasteiger partial charge in [-0.15, -0.1) is 12.7 Å². The Morgan fingerprint density at radius 1 is 1.00 bits per heavy atom. The van der Waals surface area contributed by atoms with Crippen molar-refractivity contribution in [2.45, 2.75) is 0 Å². The van der Waals surface area contributed by atoms with Gasteiger partial charge in [-0.3, -0.25) is 0 Å². The second kappa shape index (κ2) is 7.50. The van der Waals surface area contributed by atoms with Gasteiger partial charge < -0.3 is 5.32 Å². The first-order chi connectivity index (χ1) is 3.93.